The Balaban J connectivity index is 1.60. The van der Waals surface area contributed by atoms with E-state index in [4.69, 9.17) is 0 Å². The number of aryl methyl sites for hydroxylation is 1. The zero-order valence-corrected chi connectivity index (χ0v) is 14.5. The van der Waals surface area contributed by atoms with Crippen molar-refractivity contribution in [1.29, 1.82) is 0 Å². The molecule has 0 aliphatic heterocycles. The third-order valence-electron chi connectivity index (χ3n) is 3.86. The zero-order chi connectivity index (χ0) is 20.1. The van der Waals surface area contributed by atoms with Crippen molar-refractivity contribution in [2.75, 3.05) is 0 Å². The molecule has 142 valence electrons. The van der Waals surface area contributed by atoms with Crippen LogP contribution >= 0.6 is 0 Å². The lowest BCUT2D eigenvalue weighted by Crippen LogP contribution is -2.21. The minimum absolute atomic E-state index is 0.0124. The summed E-state index contributed by atoms with van der Waals surface area (Å²) in [5.74, 6) is -0.904. The molecule has 10 nitrogen and oxygen atoms in total. The molecule has 0 unspecified atom stereocenters. The Morgan fingerprint density at radius 3 is 2.89 bits per heavy atom. The van der Waals surface area contributed by atoms with E-state index in [2.05, 4.69) is 20.5 Å². The van der Waals surface area contributed by atoms with Crippen molar-refractivity contribution in [1.82, 2.24) is 15.4 Å². The smallest absolute Gasteiger partial charge is 0.311 e. The van der Waals surface area contributed by atoms with Gasteiger partial charge in [-0.15, -0.1) is 0 Å². The topological polar surface area (TPSA) is 151 Å². The first-order chi connectivity index (χ1) is 13.4. The number of phenolic OH excluding ortho intramolecular Hbond substituents is 1. The van der Waals surface area contributed by atoms with E-state index < -0.39 is 22.3 Å². The molecule has 3 rings (SSSR count). The number of aromatic nitrogens is 2. The monoisotopic (exact) mass is 381 g/mol. The summed E-state index contributed by atoms with van der Waals surface area (Å²) in [6.45, 7) is 0. The number of amides is 1. The summed E-state index contributed by atoms with van der Waals surface area (Å²) in [4.78, 5) is 40.9. The van der Waals surface area contributed by atoms with E-state index in [9.17, 15) is 24.8 Å². The van der Waals surface area contributed by atoms with Crippen molar-refractivity contribution >= 4 is 28.8 Å². The van der Waals surface area contributed by atoms with Gasteiger partial charge in [-0.3, -0.25) is 19.7 Å². The molecule has 0 aliphatic rings. The maximum Gasteiger partial charge on any atom is 0.311 e. The van der Waals surface area contributed by atoms with E-state index >= 15 is 0 Å². The summed E-state index contributed by atoms with van der Waals surface area (Å²) < 4.78 is 0. The van der Waals surface area contributed by atoms with E-state index in [0.29, 0.717) is 16.6 Å². The van der Waals surface area contributed by atoms with Crippen molar-refractivity contribution in [3.63, 3.8) is 0 Å². The predicted octanol–water partition coefficient (Wildman–Crippen LogP) is 1.62. The summed E-state index contributed by atoms with van der Waals surface area (Å²) in [5.41, 5.74) is 3.28. The molecule has 3 N–H and O–H groups in total. The highest BCUT2D eigenvalue weighted by molar-refractivity contribution is 5.83. The third kappa shape index (κ3) is 4.36. The van der Waals surface area contributed by atoms with Crippen LogP contribution in [-0.2, 0) is 11.2 Å². The third-order valence-corrected chi connectivity index (χ3v) is 3.86. The number of hydrogen-bond donors (Lipinski definition) is 3. The van der Waals surface area contributed by atoms with E-state index in [1.807, 2.05) is 0 Å². The molecule has 10 heteroatoms. The quantitative estimate of drug-likeness (QED) is 0.335. The van der Waals surface area contributed by atoms with Gasteiger partial charge in [0.2, 0.25) is 5.91 Å². The Hall–Kier alpha value is -4.08. The van der Waals surface area contributed by atoms with Gasteiger partial charge in [-0.25, -0.2) is 10.4 Å². The molecule has 0 fully saturated rings. The molecule has 1 amide bonds. The second-order valence-corrected chi connectivity index (χ2v) is 5.83. The minimum atomic E-state index is -0.723. The van der Waals surface area contributed by atoms with Crippen LogP contribution in [0, 0.1) is 10.1 Å². The Labute approximate surface area is 157 Å². The van der Waals surface area contributed by atoms with Crippen LogP contribution in [0.4, 0.5) is 5.69 Å². The number of H-pyrrole nitrogens is 1. The Kier molecular flexibility index (Phi) is 5.40. The van der Waals surface area contributed by atoms with Crippen molar-refractivity contribution in [2.45, 2.75) is 12.8 Å². The summed E-state index contributed by atoms with van der Waals surface area (Å²) in [6.07, 6.45) is 1.33. The highest BCUT2D eigenvalue weighted by atomic mass is 16.6. The number of aromatic amines is 1. The molecule has 0 aliphatic carbocycles. The van der Waals surface area contributed by atoms with Crippen LogP contribution in [0.5, 0.6) is 5.75 Å². The highest BCUT2D eigenvalue weighted by Gasteiger charge is 2.13. The first-order valence-corrected chi connectivity index (χ1v) is 8.21. The largest absolute Gasteiger partial charge is 0.502 e. The van der Waals surface area contributed by atoms with Gasteiger partial charge in [0, 0.05) is 24.5 Å². The van der Waals surface area contributed by atoms with Crippen LogP contribution in [0.15, 0.2) is 52.4 Å². The van der Waals surface area contributed by atoms with Crippen LogP contribution < -0.4 is 11.0 Å². The molecule has 0 saturated carbocycles. The first kappa shape index (κ1) is 18.7. The summed E-state index contributed by atoms with van der Waals surface area (Å²) >= 11 is 0. The maximum absolute atomic E-state index is 12.0. The number of nitrogens with one attached hydrogen (secondary N) is 2. The average Bonchev–Trinajstić information content (AvgIpc) is 2.67. The van der Waals surface area contributed by atoms with Crippen LogP contribution in [-0.4, -0.2) is 32.1 Å². The minimum Gasteiger partial charge on any atom is -0.502 e. The molecule has 28 heavy (non-hydrogen) atoms. The molecule has 0 saturated heterocycles. The summed E-state index contributed by atoms with van der Waals surface area (Å²) in [7, 11) is 0. The molecule has 0 spiro atoms. The molecule has 1 aromatic heterocycles. The predicted molar refractivity (Wildman–Crippen MR) is 101 cm³/mol. The molecule has 2 aromatic carbocycles. The average molecular weight is 381 g/mol. The fourth-order valence-electron chi connectivity index (χ4n) is 2.47. The van der Waals surface area contributed by atoms with Gasteiger partial charge in [0.15, 0.2) is 5.75 Å². The number of aromatic hydroxyl groups is 1. The number of carbonyl (C=O) groups excluding carboxylic acids is 1. The second kappa shape index (κ2) is 8.08. The van der Waals surface area contributed by atoms with Crippen LogP contribution in [0.25, 0.3) is 11.0 Å². The Morgan fingerprint density at radius 1 is 1.32 bits per heavy atom. The number of hydrogen-bond acceptors (Lipinski definition) is 7. The van der Waals surface area contributed by atoms with Crippen LogP contribution in [0.1, 0.15) is 17.7 Å². The van der Waals surface area contributed by atoms with E-state index in [1.165, 1.54) is 18.3 Å². The maximum atomic E-state index is 12.0. The second-order valence-electron chi connectivity index (χ2n) is 5.83. The van der Waals surface area contributed by atoms with Crippen LogP contribution in [0.3, 0.4) is 0 Å². The molecular weight excluding hydrogens is 366 g/mol. The molecule has 1 heterocycles. The lowest BCUT2D eigenvalue weighted by Gasteiger charge is -2.02. The van der Waals surface area contributed by atoms with Gasteiger partial charge in [0.25, 0.3) is 5.56 Å². The first-order valence-electron chi connectivity index (χ1n) is 8.21. The zero-order valence-electron chi connectivity index (χ0n) is 14.5. The summed E-state index contributed by atoms with van der Waals surface area (Å²) in [6, 6.07) is 10.8. The van der Waals surface area contributed by atoms with Crippen molar-refractivity contribution in [3.05, 3.63) is 74.2 Å². The molecular formula is C18H15N5O5. The van der Waals surface area contributed by atoms with Crippen molar-refractivity contribution in [3.8, 4) is 5.75 Å². The lowest BCUT2D eigenvalue weighted by atomic mass is 10.2. The SMILES string of the molecule is O=C(CCc1nc2ccccc2[nH]c1=O)N/N=C/c1ccc(O)c([N+](=O)[O-])c1. The van der Waals surface area contributed by atoms with Gasteiger partial charge in [0.1, 0.15) is 5.69 Å². The van der Waals surface area contributed by atoms with Crippen LogP contribution in [0.2, 0.25) is 0 Å². The number of hydrazone groups is 1. The summed E-state index contributed by atoms with van der Waals surface area (Å²) in [5, 5.41) is 23.9. The van der Waals surface area contributed by atoms with Gasteiger partial charge in [-0.05, 0) is 24.3 Å². The van der Waals surface area contributed by atoms with E-state index in [0.717, 1.165) is 6.07 Å². The van der Waals surface area contributed by atoms with Crippen molar-refractivity contribution < 1.29 is 14.8 Å². The van der Waals surface area contributed by atoms with Gasteiger partial charge < -0.3 is 10.1 Å². The number of fused-ring (bicyclic) bond motifs is 1. The lowest BCUT2D eigenvalue weighted by molar-refractivity contribution is -0.385. The van der Waals surface area contributed by atoms with E-state index in [1.54, 1.807) is 24.3 Å². The van der Waals surface area contributed by atoms with E-state index in [-0.39, 0.29) is 24.1 Å². The van der Waals surface area contributed by atoms with Gasteiger partial charge >= 0.3 is 5.69 Å². The number of para-hydroxylation sites is 2. The molecule has 3 aromatic rings. The standard InChI is InChI=1S/C18H15N5O5/c24-16-7-5-11(9-15(16)23(27)28)10-19-22-17(25)8-6-14-18(26)21-13-4-2-1-3-12(13)20-14/h1-5,7,9-10,24H,6,8H2,(H,21,26)(H,22,25)/b19-10+. The molecule has 0 atom stereocenters. The molecule has 0 bridgehead atoms. The number of rotatable bonds is 6. The number of phenols is 1. The Morgan fingerprint density at radius 2 is 2.11 bits per heavy atom. The molecule has 0 radical (unpaired) electrons. The van der Waals surface area contributed by atoms with Crippen molar-refractivity contribution in [2.24, 2.45) is 5.10 Å². The number of nitro groups is 1. The van der Waals surface area contributed by atoms with Gasteiger partial charge in [-0.2, -0.15) is 5.10 Å². The highest BCUT2D eigenvalue weighted by Crippen LogP contribution is 2.25. The number of nitrogens with zero attached hydrogens (tertiary/aromatic N) is 3. The number of benzene rings is 2. The van der Waals surface area contributed by atoms with Gasteiger partial charge in [-0.1, -0.05) is 12.1 Å². The fraction of sp³-hybridized carbons (Fsp3) is 0.111. The Bertz CT molecular complexity index is 1140. The number of nitro benzene ring substituents is 1. The fourth-order valence-corrected chi connectivity index (χ4v) is 2.47. The normalized spacial score (nSPS) is 11.0. The number of carbonyl (C=O) groups is 1. The van der Waals surface area contributed by atoms with Gasteiger partial charge in [0.05, 0.1) is 22.2 Å².